The summed E-state index contributed by atoms with van der Waals surface area (Å²) < 4.78 is 19.7. The first-order valence-corrected chi connectivity index (χ1v) is 10.2. The number of anilines is 1. The van der Waals surface area contributed by atoms with Crippen LogP contribution < -0.4 is 4.90 Å². The third-order valence-electron chi connectivity index (χ3n) is 5.69. The second kappa shape index (κ2) is 8.01. The van der Waals surface area contributed by atoms with E-state index in [0.29, 0.717) is 48.1 Å². The fourth-order valence-electron chi connectivity index (χ4n) is 4.14. The van der Waals surface area contributed by atoms with Gasteiger partial charge in [-0.2, -0.15) is 0 Å². The van der Waals surface area contributed by atoms with Crippen molar-refractivity contribution in [3.05, 3.63) is 40.2 Å². The molecule has 0 N–H and O–H groups in total. The highest BCUT2D eigenvalue weighted by Crippen LogP contribution is 2.38. The number of nitrogens with zero attached hydrogens (tertiary/aromatic N) is 2. The molecule has 2 amide bonds. The minimum atomic E-state index is -0.876. The number of halogens is 1. The van der Waals surface area contributed by atoms with Crippen LogP contribution in [-0.2, 0) is 30.4 Å². The van der Waals surface area contributed by atoms with Crippen LogP contribution in [0.2, 0.25) is 0 Å². The number of rotatable bonds is 5. The average molecular weight is 414 g/mol. The van der Waals surface area contributed by atoms with Crippen LogP contribution in [0.4, 0.5) is 10.1 Å². The van der Waals surface area contributed by atoms with Crippen molar-refractivity contribution in [2.45, 2.75) is 58.5 Å². The van der Waals surface area contributed by atoms with Gasteiger partial charge >= 0.3 is 5.97 Å². The molecule has 0 radical (unpaired) electrons. The van der Waals surface area contributed by atoms with Crippen LogP contribution in [0.5, 0.6) is 0 Å². The molecule has 0 fully saturated rings. The van der Waals surface area contributed by atoms with Crippen molar-refractivity contribution in [3.8, 4) is 0 Å². The average Bonchev–Trinajstić information content (AvgIpc) is 3.24. The largest absolute Gasteiger partial charge is 0.463 e. The highest BCUT2D eigenvalue weighted by molar-refractivity contribution is 6.33. The van der Waals surface area contributed by atoms with E-state index >= 15 is 0 Å². The first-order valence-electron chi connectivity index (χ1n) is 10.2. The number of amides is 2. The topological polar surface area (TPSA) is 85.3 Å². The minimum Gasteiger partial charge on any atom is -0.463 e. The molecule has 0 saturated carbocycles. The number of esters is 1. The molecule has 8 heteroatoms. The van der Waals surface area contributed by atoms with Crippen molar-refractivity contribution in [2.75, 3.05) is 11.5 Å². The van der Waals surface area contributed by atoms with E-state index in [0.717, 1.165) is 23.3 Å². The number of carbonyl (C=O) groups excluding carboxylic acids is 3. The van der Waals surface area contributed by atoms with Gasteiger partial charge in [0.15, 0.2) is 0 Å². The van der Waals surface area contributed by atoms with Crippen molar-refractivity contribution < 1.29 is 28.3 Å². The number of carbonyl (C=O) groups is 3. The van der Waals surface area contributed by atoms with E-state index in [1.165, 1.54) is 19.1 Å². The zero-order valence-corrected chi connectivity index (χ0v) is 17.0. The number of imide groups is 1. The van der Waals surface area contributed by atoms with Gasteiger partial charge in [-0.3, -0.25) is 9.59 Å². The van der Waals surface area contributed by atoms with E-state index in [2.05, 4.69) is 5.16 Å². The van der Waals surface area contributed by atoms with Gasteiger partial charge < -0.3 is 9.57 Å². The van der Waals surface area contributed by atoms with Gasteiger partial charge in [-0.15, -0.1) is 0 Å². The predicted octanol–water partition coefficient (Wildman–Crippen LogP) is 3.19. The Balaban J connectivity index is 1.62. The summed E-state index contributed by atoms with van der Waals surface area (Å²) >= 11 is 0. The first-order chi connectivity index (χ1) is 14.4. The van der Waals surface area contributed by atoms with E-state index in [9.17, 15) is 18.8 Å². The molecule has 1 aromatic rings. The van der Waals surface area contributed by atoms with Gasteiger partial charge in [0.1, 0.15) is 5.82 Å². The van der Waals surface area contributed by atoms with Gasteiger partial charge in [0, 0.05) is 16.7 Å². The molecule has 0 aromatic heterocycles. The molecule has 7 nitrogen and oxygen atoms in total. The Morgan fingerprint density at radius 1 is 1.13 bits per heavy atom. The molecule has 30 heavy (non-hydrogen) atoms. The minimum absolute atomic E-state index is 0.0637. The smallest absolute Gasteiger partial charge is 0.349 e. The molecular weight excluding hydrogens is 391 g/mol. The third kappa shape index (κ3) is 3.40. The van der Waals surface area contributed by atoms with E-state index < -0.39 is 29.7 Å². The van der Waals surface area contributed by atoms with E-state index in [-0.39, 0.29) is 12.3 Å². The maximum absolute atomic E-state index is 14.9. The maximum Gasteiger partial charge on any atom is 0.349 e. The fraction of sp³-hybridized carbons (Fsp3) is 0.455. The lowest BCUT2D eigenvalue weighted by Gasteiger charge is -2.17. The summed E-state index contributed by atoms with van der Waals surface area (Å²) in [5, 5.41) is 4.07. The van der Waals surface area contributed by atoms with Gasteiger partial charge in [0.25, 0.3) is 11.8 Å². The normalized spacial score (nSPS) is 20.5. The van der Waals surface area contributed by atoms with Gasteiger partial charge in [0.2, 0.25) is 6.10 Å². The number of hydrogen-bond acceptors (Lipinski definition) is 6. The summed E-state index contributed by atoms with van der Waals surface area (Å²) in [4.78, 5) is 43.6. The molecule has 2 aliphatic carbocycles. The number of oxime groups is 1. The summed E-state index contributed by atoms with van der Waals surface area (Å²) in [7, 11) is 0. The molecule has 1 aliphatic heterocycles. The monoisotopic (exact) mass is 414 g/mol. The Labute approximate surface area is 173 Å². The van der Waals surface area contributed by atoms with Crippen molar-refractivity contribution in [1.82, 2.24) is 0 Å². The van der Waals surface area contributed by atoms with Crippen molar-refractivity contribution in [2.24, 2.45) is 5.16 Å². The summed E-state index contributed by atoms with van der Waals surface area (Å²) in [6, 6.07) is 2.84. The molecule has 158 valence electrons. The lowest BCUT2D eigenvalue weighted by molar-refractivity contribution is -0.155. The summed E-state index contributed by atoms with van der Waals surface area (Å²) in [5.41, 5.74) is 2.83. The lowest BCUT2D eigenvalue weighted by Crippen LogP contribution is -2.32. The van der Waals surface area contributed by atoms with Gasteiger partial charge in [-0.05, 0) is 70.1 Å². The quantitative estimate of drug-likeness (QED) is 0.420. The van der Waals surface area contributed by atoms with Crippen molar-refractivity contribution in [3.63, 3.8) is 0 Å². The van der Waals surface area contributed by atoms with Crippen LogP contribution >= 0.6 is 0 Å². The number of fused-ring (bicyclic) bond motifs is 1. The molecule has 4 rings (SSSR count). The van der Waals surface area contributed by atoms with Crippen LogP contribution in [0, 0.1) is 5.82 Å². The molecule has 1 aromatic carbocycles. The summed E-state index contributed by atoms with van der Waals surface area (Å²) in [5.74, 6) is -2.00. The third-order valence-corrected chi connectivity index (χ3v) is 5.69. The number of benzene rings is 1. The van der Waals surface area contributed by atoms with Gasteiger partial charge in [-0.1, -0.05) is 5.16 Å². The molecule has 0 saturated heterocycles. The van der Waals surface area contributed by atoms with Crippen LogP contribution in [0.15, 0.2) is 28.4 Å². The molecule has 1 unspecified atom stereocenters. The van der Waals surface area contributed by atoms with Gasteiger partial charge in [-0.25, -0.2) is 14.1 Å². The highest BCUT2D eigenvalue weighted by Gasteiger charge is 2.41. The Bertz CT molecular complexity index is 969. The molecular formula is C22H23FN2O5. The van der Waals surface area contributed by atoms with Crippen LogP contribution in [-0.4, -0.2) is 36.2 Å². The highest BCUT2D eigenvalue weighted by atomic mass is 19.1. The maximum atomic E-state index is 14.9. The standard InChI is InChI=1S/C22H23FN2O5/c1-3-29-22(28)12(2)30-24-18-9-8-13-10-17(23)19(11-16(13)18)25-20(26)14-6-4-5-7-15(14)21(25)27/h10-12H,3-9H2,1-2H3. The Hall–Kier alpha value is -3.03. The van der Waals surface area contributed by atoms with Crippen LogP contribution in [0.25, 0.3) is 0 Å². The van der Waals surface area contributed by atoms with Crippen molar-refractivity contribution in [1.29, 1.82) is 0 Å². The summed E-state index contributed by atoms with van der Waals surface area (Å²) in [6.07, 6.45) is 2.99. The molecule has 0 bridgehead atoms. The molecule has 0 spiro atoms. The predicted molar refractivity (Wildman–Crippen MR) is 106 cm³/mol. The van der Waals surface area contributed by atoms with Crippen molar-refractivity contribution >= 4 is 29.2 Å². The van der Waals surface area contributed by atoms with Gasteiger partial charge in [0.05, 0.1) is 18.0 Å². The number of aryl methyl sites for hydroxylation is 1. The Kier molecular flexibility index (Phi) is 5.40. The van der Waals surface area contributed by atoms with Crippen LogP contribution in [0.3, 0.4) is 0 Å². The van der Waals surface area contributed by atoms with Crippen LogP contribution in [0.1, 0.15) is 57.1 Å². The molecule has 3 aliphatic rings. The fourth-order valence-corrected chi connectivity index (χ4v) is 4.14. The second-order valence-electron chi connectivity index (χ2n) is 7.61. The zero-order chi connectivity index (χ0) is 21.4. The molecule has 1 heterocycles. The van der Waals surface area contributed by atoms with E-state index in [1.807, 2.05) is 0 Å². The molecule has 1 atom stereocenters. The number of ether oxygens (including phenoxy) is 1. The van der Waals surface area contributed by atoms with E-state index in [4.69, 9.17) is 9.57 Å². The lowest BCUT2D eigenvalue weighted by atomic mass is 9.93. The second-order valence-corrected chi connectivity index (χ2v) is 7.61. The SMILES string of the molecule is CCOC(=O)C(C)ON=C1CCc2cc(F)c(N3C(=O)C4=C(CCCC4)C3=O)cc21. The zero-order valence-electron chi connectivity index (χ0n) is 17.0. The van der Waals surface area contributed by atoms with E-state index in [1.54, 1.807) is 6.92 Å². The summed E-state index contributed by atoms with van der Waals surface area (Å²) in [6.45, 7) is 3.48. The number of hydrogen-bond donors (Lipinski definition) is 0. The Morgan fingerprint density at radius 3 is 2.43 bits per heavy atom. The first kappa shape index (κ1) is 20.3. The Morgan fingerprint density at radius 2 is 1.80 bits per heavy atom.